The van der Waals surface area contributed by atoms with Crippen molar-refractivity contribution in [3.8, 4) is 0 Å². The van der Waals surface area contributed by atoms with Gasteiger partial charge in [0.2, 0.25) is 0 Å². The molecule has 1 aromatic heterocycles. The van der Waals surface area contributed by atoms with E-state index in [2.05, 4.69) is 29.2 Å². The minimum atomic E-state index is 0.618. The molecule has 2 heterocycles. The van der Waals surface area contributed by atoms with E-state index in [9.17, 15) is 0 Å². The molecule has 0 amide bonds. The van der Waals surface area contributed by atoms with E-state index >= 15 is 0 Å². The molecule has 5 heteroatoms. The first-order valence-electron chi connectivity index (χ1n) is 6.83. The summed E-state index contributed by atoms with van der Waals surface area (Å²) in [4.78, 5) is 2.45. The Balaban J connectivity index is 2.11. The van der Waals surface area contributed by atoms with E-state index in [1.807, 2.05) is 11.7 Å². The van der Waals surface area contributed by atoms with Crippen molar-refractivity contribution in [3.05, 3.63) is 16.4 Å². The van der Waals surface area contributed by atoms with Gasteiger partial charge in [-0.1, -0.05) is 18.5 Å². The minimum Gasteiger partial charge on any atom is -0.316 e. The average Bonchev–Trinajstić information content (AvgIpc) is 2.96. The monoisotopic (exact) mass is 270 g/mol. The largest absolute Gasteiger partial charge is 0.316 e. The lowest BCUT2D eigenvalue weighted by atomic mass is 10.3. The van der Waals surface area contributed by atoms with Gasteiger partial charge in [-0.15, -0.1) is 0 Å². The number of halogens is 1. The summed E-state index contributed by atoms with van der Waals surface area (Å²) in [5, 5.41) is 8.78. The molecular weight excluding hydrogens is 248 g/mol. The summed E-state index contributed by atoms with van der Waals surface area (Å²) in [5.41, 5.74) is 2.20. The van der Waals surface area contributed by atoms with Gasteiger partial charge in [0.15, 0.2) is 0 Å². The van der Waals surface area contributed by atoms with Crippen LogP contribution in [0.25, 0.3) is 0 Å². The highest BCUT2D eigenvalue weighted by molar-refractivity contribution is 6.31. The molecule has 4 nitrogen and oxygen atoms in total. The van der Waals surface area contributed by atoms with Crippen LogP contribution in [0.15, 0.2) is 0 Å². The van der Waals surface area contributed by atoms with Crippen molar-refractivity contribution in [2.24, 2.45) is 0 Å². The molecule has 1 saturated heterocycles. The molecule has 1 aromatic rings. The predicted octanol–water partition coefficient (Wildman–Crippen LogP) is 1.91. The molecular formula is C13H23ClN4. The fourth-order valence-corrected chi connectivity index (χ4v) is 2.92. The predicted molar refractivity (Wildman–Crippen MR) is 75.0 cm³/mol. The molecule has 102 valence electrons. The van der Waals surface area contributed by atoms with Crippen LogP contribution in [0.4, 0.5) is 0 Å². The van der Waals surface area contributed by atoms with E-state index in [0.717, 1.165) is 43.3 Å². The third kappa shape index (κ3) is 2.71. The van der Waals surface area contributed by atoms with Crippen LogP contribution >= 0.6 is 11.6 Å². The number of hydrogen-bond acceptors (Lipinski definition) is 3. The Morgan fingerprint density at radius 1 is 1.44 bits per heavy atom. The van der Waals surface area contributed by atoms with E-state index in [1.165, 1.54) is 12.1 Å². The van der Waals surface area contributed by atoms with Gasteiger partial charge < -0.3 is 5.32 Å². The van der Waals surface area contributed by atoms with Crippen LogP contribution in [0.3, 0.4) is 0 Å². The number of aromatic nitrogens is 2. The molecule has 1 aliphatic rings. The fraction of sp³-hybridized carbons (Fsp3) is 0.769. The first kappa shape index (κ1) is 13.8. The second-order valence-corrected chi connectivity index (χ2v) is 5.26. The van der Waals surface area contributed by atoms with E-state index in [4.69, 9.17) is 11.6 Å². The van der Waals surface area contributed by atoms with Gasteiger partial charge in [0.05, 0.1) is 16.4 Å². The second-order valence-electron chi connectivity index (χ2n) is 4.89. The number of rotatable bonds is 5. The third-order valence-corrected chi connectivity index (χ3v) is 4.18. The van der Waals surface area contributed by atoms with E-state index < -0.39 is 0 Å². The zero-order chi connectivity index (χ0) is 13.1. The summed E-state index contributed by atoms with van der Waals surface area (Å²) < 4.78 is 2.05. The smallest absolute Gasteiger partial charge is 0.0863 e. The van der Waals surface area contributed by atoms with Crippen molar-refractivity contribution in [2.45, 2.75) is 45.8 Å². The maximum Gasteiger partial charge on any atom is 0.0863 e. The molecule has 1 unspecified atom stereocenters. The first-order valence-corrected chi connectivity index (χ1v) is 7.21. The standard InChI is InChI=1S/C13H23ClN4/c1-4-11-13(14)12(18(5-2)16-11)9-17-7-6-10(8-17)15-3/h10,15H,4-9H2,1-3H3. The van der Waals surface area contributed by atoms with Gasteiger partial charge in [-0.25, -0.2) is 0 Å². The van der Waals surface area contributed by atoms with Gasteiger partial charge in [0.25, 0.3) is 0 Å². The van der Waals surface area contributed by atoms with Gasteiger partial charge in [0.1, 0.15) is 0 Å². The lowest BCUT2D eigenvalue weighted by Gasteiger charge is -2.16. The summed E-state index contributed by atoms with van der Waals surface area (Å²) in [6.07, 6.45) is 2.12. The van der Waals surface area contributed by atoms with Crippen LogP contribution in [0, 0.1) is 0 Å². The van der Waals surface area contributed by atoms with Crippen LogP contribution in [-0.4, -0.2) is 40.9 Å². The Morgan fingerprint density at radius 3 is 2.78 bits per heavy atom. The summed E-state index contributed by atoms with van der Waals surface area (Å²) >= 11 is 6.43. The second kappa shape index (κ2) is 6.04. The van der Waals surface area contributed by atoms with E-state index in [1.54, 1.807) is 0 Å². The summed E-state index contributed by atoms with van der Waals surface area (Å²) in [6.45, 7) is 8.26. The van der Waals surface area contributed by atoms with Gasteiger partial charge >= 0.3 is 0 Å². The van der Waals surface area contributed by atoms with Gasteiger partial charge in [0, 0.05) is 32.2 Å². The lowest BCUT2D eigenvalue weighted by molar-refractivity contribution is 0.311. The summed E-state index contributed by atoms with van der Waals surface area (Å²) in [5.74, 6) is 0. The topological polar surface area (TPSA) is 33.1 Å². The first-order chi connectivity index (χ1) is 8.69. The van der Waals surface area contributed by atoms with Crippen LogP contribution in [0.1, 0.15) is 31.7 Å². The quantitative estimate of drug-likeness (QED) is 0.887. The minimum absolute atomic E-state index is 0.618. The maximum atomic E-state index is 6.43. The van der Waals surface area contributed by atoms with Gasteiger partial charge in [-0.05, 0) is 26.8 Å². The van der Waals surface area contributed by atoms with E-state index in [-0.39, 0.29) is 0 Å². The van der Waals surface area contributed by atoms with Crippen LogP contribution in [0.5, 0.6) is 0 Å². The number of nitrogens with zero attached hydrogens (tertiary/aromatic N) is 3. The Morgan fingerprint density at radius 2 is 2.22 bits per heavy atom. The summed E-state index contributed by atoms with van der Waals surface area (Å²) in [6, 6.07) is 0.618. The molecule has 0 aromatic carbocycles. The summed E-state index contributed by atoms with van der Waals surface area (Å²) in [7, 11) is 2.03. The molecule has 0 spiro atoms. The Bertz CT molecular complexity index is 402. The third-order valence-electron chi connectivity index (χ3n) is 3.75. The number of nitrogens with one attached hydrogen (secondary N) is 1. The van der Waals surface area contributed by atoms with Gasteiger partial charge in [-0.3, -0.25) is 9.58 Å². The Labute approximate surface area is 114 Å². The van der Waals surface area contributed by atoms with Crippen LogP contribution < -0.4 is 5.32 Å². The normalized spacial score (nSPS) is 20.8. The molecule has 1 atom stereocenters. The number of hydrogen-bond donors (Lipinski definition) is 1. The molecule has 0 radical (unpaired) electrons. The lowest BCUT2D eigenvalue weighted by Crippen LogP contribution is -2.29. The highest BCUT2D eigenvalue weighted by atomic mass is 35.5. The SMILES string of the molecule is CCc1nn(CC)c(CN2CCC(NC)C2)c1Cl. The van der Waals surface area contributed by atoms with Crippen molar-refractivity contribution in [1.29, 1.82) is 0 Å². The molecule has 2 rings (SSSR count). The van der Waals surface area contributed by atoms with Crippen molar-refractivity contribution in [1.82, 2.24) is 20.0 Å². The molecule has 0 aliphatic carbocycles. The number of likely N-dealkylation sites (tertiary alicyclic amines) is 1. The molecule has 1 N–H and O–H groups in total. The van der Waals surface area contributed by atoms with Crippen LogP contribution in [0.2, 0.25) is 5.02 Å². The molecule has 0 saturated carbocycles. The number of aryl methyl sites for hydroxylation is 2. The molecule has 18 heavy (non-hydrogen) atoms. The van der Waals surface area contributed by atoms with Crippen molar-refractivity contribution < 1.29 is 0 Å². The molecule has 1 fully saturated rings. The molecule has 1 aliphatic heterocycles. The molecule has 0 bridgehead atoms. The average molecular weight is 271 g/mol. The fourth-order valence-electron chi connectivity index (χ4n) is 2.59. The van der Waals surface area contributed by atoms with Crippen molar-refractivity contribution in [2.75, 3.05) is 20.1 Å². The highest BCUT2D eigenvalue weighted by Crippen LogP contribution is 2.24. The highest BCUT2D eigenvalue weighted by Gasteiger charge is 2.24. The zero-order valence-electron chi connectivity index (χ0n) is 11.5. The Hall–Kier alpha value is -0.580. The van der Waals surface area contributed by atoms with Gasteiger partial charge in [-0.2, -0.15) is 5.10 Å². The maximum absolute atomic E-state index is 6.43. The van der Waals surface area contributed by atoms with Crippen LogP contribution in [-0.2, 0) is 19.5 Å². The Kier molecular flexibility index (Phi) is 4.65. The zero-order valence-corrected chi connectivity index (χ0v) is 12.3. The van der Waals surface area contributed by atoms with E-state index in [0.29, 0.717) is 6.04 Å². The van der Waals surface area contributed by atoms with Crippen molar-refractivity contribution in [3.63, 3.8) is 0 Å². The number of likely N-dealkylation sites (N-methyl/N-ethyl adjacent to an activating group) is 1. The van der Waals surface area contributed by atoms with Crippen molar-refractivity contribution >= 4 is 11.6 Å².